The zero-order valence-corrected chi connectivity index (χ0v) is 80.9. The molecule has 0 atom stereocenters. The number of benzene rings is 25. The lowest BCUT2D eigenvalue weighted by molar-refractivity contribution is 0.669. The summed E-state index contributed by atoms with van der Waals surface area (Å²) in [6, 6.07) is 206. The highest BCUT2D eigenvalue weighted by molar-refractivity contribution is 6.16. The van der Waals surface area contributed by atoms with Gasteiger partial charge in [-0.15, -0.1) is 0 Å². The van der Waals surface area contributed by atoms with Crippen LogP contribution in [0.3, 0.4) is 0 Å². The lowest BCUT2D eigenvalue weighted by Crippen LogP contribution is -2.11. The lowest BCUT2D eigenvalue weighted by Gasteiger charge is -2.28. The lowest BCUT2D eigenvalue weighted by atomic mass is 9.97. The molecule has 148 heavy (non-hydrogen) atoms. The van der Waals surface area contributed by atoms with Gasteiger partial charge >= 0.3 is 0 Å². The van der Waals surface area contributed by atoms with Crippen LogP contribution >= 0.6 is 0 Å². The van der Waals surface area contributed by atoms with Gasteiger partial charge in [-0.1, -0.05) is 437 Å². The minimum absolute atomic E-state index is 0.884. The van der Waals surface area contributed by atoms with Gasteiger partial charge in [0, 0.05) is 100 Å². The number of anilines is 9. The van der Waals surface area contributed by atoms with Gasteiger partial charge in [0.25, 0.3) is 0 Å². The molecule has 0 fully saturated rings. The highest BCUT2D eigenvalue weighted by atomic mass is 16.3. The van der Waals surface area contributed by atoms with Crippen LogP contribution in [0.1, 0.15) is 0 Å². The number of para-hydroxylation sites is 5. The Morgan fingerprint density at radius 1 is 0.115 bits per heavy atom. The summed E-state index contributed by atoms with van der Waals surface area (Å²) in [6.07, 6.45) is 0. The van der Waals surface area contributed by atoms with Gasteiger partial charge in [-0.2, -0.15) is 0 Å². The number of hydrogen-bond donors (Lipinski definition) is 0. The van der Waals surface area contributed by atoms with E-state index in [1.807, 2.05) is 18.2 Å². The van der Waals surface area contributed by atoms with Crippen LogP contribution in [-0.4, -0.2) is 0 Å². The zero-order valence-electron chi connectivity index (χ0n) is 80.9. The Bertz CT molecular complexity index is 9740. The minimum atomic E-state index is 0.884. The van der Waals surface area contributed by atoms with E-state index in [1.165, 1.54) is 104 Å². The Hall–Kier alpha value is -19.7. The smallest absolute Gasteiger partial charge is 0.143 e. The third-order valence-corrected chi connectivity index (χ3v) is 28.7. The van der Waals surface area contributed by atoms with E-state index in [4.69, 9.17) is 13.3 Å². The van der Waals surface area contributed by atoms with Crippen molar-refractivity contribution >= 4 is 160 Å². The molecule has 0 aliphatic rings. The predicted octanol–water partition coefficient (Wildman–Crippen LogP) is 40.8. The maximum absolute atomic E-state index is 6.64. The molecule has 0 N–H and O–H groups in total. The van der Waals surface area contributed by atoms with Crippen molar-refractivity contribution in [3.05, 3.63) is 576 Å². The maximum Gasteiger partial charge on any atom is 0.143 e. The molecular formula is C142H95N3O3. The Morgan fingerprint density at radius 3 is 0.736 bits per heavy atom. The Balaban J connectivity index is 0.000000112. The molecule has 28 rings (SSSR count). The molecular weight excluding hydrogens is 1800 g/mol. The number of hydrogen-bond acceptors (Lipinski definition) is 6. The average Bonchev–Trinajstić information content (AvgIpc) is 1.55. The molecule has 28 aromatic rings. The molecule has 0 spiro atoms. The van der Waals surface area contributed by atoms with Crippen molar-refractivity contribution in [2.24, 2.45) is 0 Å². The molecule has 3 heterocycles. The van der Waals surface area contributed by atoms with Gasteiger partial charge in [-0.3, -0.25) is 0 Å². The Kier molecular flexibility index (Phi) is 23.3. The Morgan fingerprint density at radius 2 is 0.358 bits per heavy atom. The fraction of sp³-hybridized carbons (Fsp3) is 0. The topological polar surface area (TPSA) is 49.1 Å². The van der Waals surface area contributed by atoms with Gasteiger partial charge < -0.3 is 28.0 Å². The average molecular weight is 1890 g/mol. The first kappa shape index (κ1) is 88.5. The van der Waals surface area contributed by atoms with Gasteiger partial charge in [0.15, 0.2) is 0 Å². The molecule has 0 saturated heterocycles. The number of nitrogens with zero attached hydrogens (tertiary/aromatic N) is 3. The van der Waals surface area contributed by atoms with Crippen molar-refractivity contribution in [3.63, 3.8) is 0 Å². The molecule has 0 bridgehead atoms. The molecule has 25 aromatic carbocycles. The van der Waals surface area contributed by atoms with Crippen LogP contribution in [0.15, 0.2) is 590 Å². The normalized spacial score (nSPS) is 11.4. The predicted molar refractivity (Wildman–Crippen MR) is 624 cm³/mol. The van der Waals surface area contributed by atoms with Gasteiger partial charge in [0.2, 0.25) is 0 Å². The number of rotatable bonds is 18. The van der Waals surface area contributed by atoms with E-state index in [0.717, 1.165) is 156 Å². The molecule has 0 amide bonds. The van der Waals surface area contributed by atoms with Crippen LogP contribution in [0.4, 0.5) is 51.2 Å². The first-order chi connectivity index (χ1) is 73.3. The molecule has 0 unspecified atom stereocenters. The van der Waals surface area contributed by atoms with Gasteiger partial charge in [-0.25, -0.2) is 0 Å². The third kappa shape index (κ3) is 17.2. The first-order valence-electron chi connectivity index (χ1n) is 50.4. The molecule has 3 aromatic heterocycles. The summed E-state index contributed by atoms with van der Waals surface area (Å²) in [5.41, 5.74) is 36.0. The van der Waals surface area contributed by atoms with Crippen molar-refractivity contribution in [1.82, 2.24) is 0 Å². The van der Waals surface area contributed by atoms with Gasteiger partial charge in [-0.05, 0) is 261 Å². The molecule has 6 nitrogen and oxygen atoms in total. The van der Waals surface area contributed by atoms with Crippen molar-refractivity contribution < 1.29 is 13.3 Å². The number of fused-ring (bicyclic) bond motifs is 13. The van der Waals surface area contributed by atoms with Crippen molar-refractivity contribution in [3.8, 4) is 100 Å². The summed E-state index contributed by atoms with van der Waals surface area (Å²) in [5.74, 6) is 0. The van der Waals surface area contributed by atoms with E-state index < -0.39 is 0 Å². The molecule has 6 heteroatoms. The summed E-state index contributed by atoms with van der Waals surface area (Å²) < 4.78 is 19.9. The zero-order chi connectivity index (χ0) is 98.2. The van der Waals surface area contributed by atoms with Crippen LogP contribution in [-0.2, 0) is 0 Å². The largest absolute Gasteiger partial charge is 0.455 e. The monoisotopic (exact) mass is 1890 g/mol. The summed E-state index contributed by atoms with van der Waals surface area (Å²) in [6.45, 7) is 0. The van der Waals surface area contributed by atoms with E-state index in [9.17, 15) is 0 Å². The Labute approximate surface area is 858 Å². The molecule has 0 radical (unpaired) electrons. The van der Waals surface area contributed by atoms with E-state index >= 15 is 0 Å². The van der Waals surface area contributed by atoms with Crippen LogP contribution in [0.2, 0.25) is 0 Å². The fourth-order valence-corrected chi connectivity index (χ4v) is 21.4. The second kappa shape index (κ2) is 39.0. The summed E-state index contributed by atoms with van der Waals surface area (Å²) in [4.78, 5) is 7.10. The molecule has 696 valence electrons. The molecule has 0 aliphatic carbocycles. The second-order valence-corrected chi connectivity index (χ2v) is 37.7. The van der Waals surface area contributed by atoms with Crippen LogP contribution in [0.25, 0.3) is 209 Å². The van der Waals surface area contributed by atoms with Gasteiger partial charge in [0.1, 0.15) is 33.5 Å². The third-order valence-electron chi connectivity index (χ3n) is 28.7. The summed E-state index contributed by atoms with van der Waals surface area (Å²) >= 11 is 0. The first-order valence-corrected chi connectivity index (χ1v) is 50.4. The minimum Gasteiger partial charge on any atom is -0.455 e. The quantitative estimate of drug-likeness (QED) is 0.0853. The molecule has 0 aliphatic heterocycles. The highest BCUT2D eigenvalue weighted by Crippen LogP contribution is 2.51. The number of furan rings is 3. The summed E-state index contributed by atoms with van der Waals surface area (Å²) in [5, 5.41) is 16.4. The summed E-state index contributed by atoms with van der Waals surface area (Å²) in [7, 11) is 0. The van der Waals surface area contributed by atoms with Crippen molar-refractivity contribution in [2.45, 2.75) is 0 Å². The standard InChI is InChI=1S/C50H33NO.2C46H31NO/c1-2-11-34(12-3-1)36-23-27-41(28-24-36)51(42-29-25-38(26-30-42)45-19-10-16-37-14-6-7-17-44(37)45)43-32-47(40-22-21-35-13-4-5-15-39(35)31-40)50-48(33-43)46-18-8-9-20-49(46)52-50;1-3-13-32(14-4-1)34-25-27-38(28-26-34)47(44-21-11-9-19-40(44)35-16-5-2-6-17-35)39-30-42(37-24-23-33-15-7-8-18-36(33)29-37)46-43(31-39)41-20-10-12-22-45(41)48-46;1-3-11-32(12-4-1)34-19-21-35(22-20-34)36-25-27-40(28-26-36)47(39-15-5-2-6-16-39)41-30-43(38-24-23-33-13-7-8-14-37(33)29-38)46-44(31-41)42-17-9-10-18-45(42)48-46/h1-33H;2*1-31H. The van der Waals surface area contributed by atoms with Crippen LogP contribution in [0.5, 0.6) is 0 Å². The van der Waals surface area contributed by atoms with E-state index in [1.54, 1.807) is 0 Å². The highest BCUT2D eigenvalue weighted by Gasteiger charge is 2.27. The van der Waals surface area contributed by atoms with Crippen molar-refractivity contribution in [1.29, 1.82) is 0 Å². The van der Waals surface area contributed by atoms with Gasteiger partial charge in [0.05, 0.1) is 5.69 Å². The van der Waals surface area contributed by atoms with E-state index in [2.05, 4.69) is 573 Å². The van der Waals surface area contributed by atoms with Crippen LogP contribution in [0, 0.1) is 0 Å². The molecule has 0 saturated carbocycles. The van der Waals surface area contributed by atoms with Crippen LogP contribution < -0.4 is 14.7 Å². The maximum atomic E-state index is 6.64. The fourth-order valence-electron chi connectivity index (χ4n) is 21.4. The second-order valence-electron chi connectivity index (χ2n) is 37.7. The van der Waals surface area contributed by atoms with E-state index in [-0.39, 0.29) is 0 Å². The SMILES string of the molecule is c1ccc(-c2ccc(-c3ccc(N(c4ccccc4)c4cc(-c5ccc6ccccc6c5)c5oc6ccccc6c5c4)cc3)cc2)cc1.c1ccc(-c2ccc(N(c3cc(-c4ccc5ccccc5c4)c4oc5ccccc5c4c3)c3ccccc3-c3ccccc3)cc2)cc1.c1ccc(-c2ccc(N(c3ccc(-c4cccc5ccccc45)cc3)c3cc(-c4ccc5ccccc5c4)c4oc5ccccc5c4c3)cc2)cc1. The van der Waals surface area contributed by atoms with Crippen molar-refractivity contribution in [2.75, 3.05) is 14.7 Å². The van der Waals surface area contributed by atoms with E-state index in [0.29, 0.717) is 0 Å².